The van der Waals surface area contributed by atoms with Crippen molar-refractivity contribution in [3.8, 4) is 0 Å². The maximum absolute atomic E-state index is 12.5. The van der Waals surface area contributed by atoms with Gasteiger partial charge in [-0.1, -0.05) is 0 Å². The van der Waals surface area contributed by atoms with Crippen molar-refractivity contribution in [3.63, 3.8) is 0 Å². The van der Waals surface area contributed by atoms with E-state index in [1.165, 1.54) is 4.90 Å². The van der Waals surface area contributed by atoms with Crippen LogP contribution in [0.2, 0.25) is 0 Å². The first-order valence-electron chi connectivity index (χ1n) is 6.42. The molecule has 0 spiro atoms. The van der Waals surface area contributed by atoms with Crippen LogP contribution in [-0.4, -0.2) is 42.7 Å². The van der Waals surface area contributed by atoms with E-state index in [4.69, 9.17) is 0 Å². The number of hydrogen-bond donors (Lipinski definition) is 1. The minimum atomic E-state index is 0.152. The Labute approximate surface area is 113 Å². The molecular formula is C14H20N2OS. The molecule has 1 aromatic rings. The van der Waals surface area contributed by atoms with Gasteiger partial charge in [-0.05, 0) is 50.4 Å². The molecule has 0 radical (unpaired) electrons. The number of hydrogen-bond acceptors (Lipinski definition) is 3. The molecule has 1 heterocycles. The van der Waals surface area contributed by atoms with Crippen molar-refractivity contribution in [2.45, 2.75) is 24.3 Å². The van der Waals surface area contributed by atoms with Crippen LogP contribution in [-0.2, 0) is 0 Å². The summed E-state index contributed by atoms with van der Waals surface area (Å²) < 4.78 is 0. The third kappa shape index (κ3) is 2.87. The molecule has 4 heteroatoms. The number of carbonyl (C=O) groups is 1. The highest BCUT2D eigenvalue weighted by Gasteiger charge is 2.25. The molecule has 0 aromatic heterocycles. The standard InChI is InChI=1S/C14H20N2OS/c1-3-16(12-8-9-15-10-12)14(17)11-4-6-13(18-2)7-5-11/h4-7,12,15H,3,8-10H2,1-2H3. The number of benzene rings is 1. The van der Waals surface area contributed by atoms with Crippen LogP contribution in [0.5, 0.6) is 0 Å². The summed E-state index contributed by atoms with van der Waals surface area (Å²) in [5.74, 6) is 0.152. The summed E-state index contributed by atoms with van der Waals surface area (Å²) in [5, 5.41) is 3.31. The maximum atomic E-state index is 12.5. The summed E-state index contributed by atoms with van der Waals surface area (Å²) in [7, 11) is 0. The van der Waals surface area contributed by atoms with Crippen molar-refractivity contribution in [2.24, 2.45) is 0 Å². The number of amides is 1. The van der Waals surface area contributed by atoms with Crippen LogP contribution in [0.3, 0.4) is 0 Å². The van der Waals surface area contributed by atoms with Crippen LogP contribution >= 0.6 is 11.8 Å². The first-order chi connectivity index (χ1) is 8.76. The van der Waals surface area contributed by atoms with Crippen molar-refractivity contribution in [2.75, 3.05) is 25.9 Å². The molecular weight excluding hydrogens is 244 g/mol. The monoisotopic (exact) mass is 264 g/mol. The number of rotatable bonds is 4. The average molecular weight is 264 g/mol. The second kappa shape index (κ2) is 6.25. The molecule has 3 nitrogen and oxygen atoms in total. The van der Waals surface area contributed by atoms with Gasteiger partial charge in [0.1, 0.15) is 0 Å². The van der Waals surface area contributed by atoms with Gasteiger partial charge in [0.15, 0.2) is 0 Å². The SMILES string of the molecule is CCN(C(=O)c1ccc(SC)cc1)C1CCNC1. The van der Waals surface area contributed by atoms with Crippen LogP contribution in [0.25, 0.3) is 0 Å². The summed E-state index contributed by atoms with van der Waals surface area (Å²) in [5.41, 5.74) is 0.793. The lowest BCUT2D eigenvalue weighted by molar-refractivity contribution is 0.0703. The van der Waals surface area contributed by atoms with Crippen LogP contribution in [0, 0.1) is 0 Å². The summed E-state index contributed by atoms with van der Waals surface area (Å²) in [4.78, 5) is 15.6. The zero-order valence-electron chi connectivity index (χ0n) is 11.0. The molecule has 1 aliphatic heterocycles. The molecule has 1 N–H and O–H groups in total. The molecule has 1 amide bonds. The lowest BCUT2D eigenvalue weighted by Gasteiger charge is -2.27. The van der Waals surface area contributed by atoms with Gasteiger partial charge < -0.3 is 10.2 Å². The van der Waals surface area contributed by atoms with E-state index >= 15 is 0 Å². The maximum Gasteiger partial charge on any atom is 0.254 e. The Hall–Kier alpha value is -1.00. The zero-order chi connectivity index (χ0) is 13.0. The van der Waals surface area contributed by atoms with Gasteiger partial charge in [-0.3, -0.25) is 4.79 Å². The number of carbonyl (C=O) groups excluding carboxylic acids is 1. The van der Waals surface area contributed by atoms with E-state index in [1.807, 2.05) is 42.3 Å². The summed E-state index contributed by atoms with van der Waals surface area (Å²) >= 11 is 1.69. The smallest absolute Gasteiger partial charge is 0.254 e. The van der Waals surface area contributed by atoms with Crippen LogP contribution < -0.4 is 5.32 Å². The molecule has 1 aliphatic rings. The Kier molecular flexibility index (Phi) is 4.66. The van der Waals surface area contributed by atoms with Crippen LogP contribution in [0.15, 0.2) is 29.2 Å². The molecule has 1 aromatic carbocycles. The van der Waals surface area contributed by atoms with Gasteiger partial charge in [0.05, 0.1) is 0 Å². The topological polar surface area (TPSA) is 32.3 Å². The molecule has 1 saturated heterocycles. The second-order valence-electron chi connectivity index (χ2n) is 4.47. The summed E-state index contributed by atoms with van der Waals surface area (Å²) in [6, 6.07) is 8.23. The molecule has 98 valence electrons. The molecule has 0 bridgehead atoms. The van der Waals surface area contributed by atoms with Crippen molar-refractivity contribution in [3.05, 3.63) is 29.8 Å². The fraction of sp³-hybridized carbons (Fsp3) is 0.500. The Bertz CT molecular complexity index is 399. The van der Waals surface area contributed by atoms with Crippen molar-refractivity contribution in [1.29, 1.82) is 0 Å². The van der Waals surface area contributed by atoms with Gasteiger partial charge in [-0.15, -0.1) is 11.8 Å². The molecule has 1 fully saturated rings. The van der Waals surface area contributed by atoms with E-state index in [2.05, 4.69) is 5.32 Å². The van der Waals surface area contributed by atoms with Gasteiger partial charge >= 0.3 is 0 Å². The van der Waals surface area contributed by atoms with Gasteiger partial charge in [0.25, 0.3) is 5.91 Å². The van der Waals surface area contributed by atoms with Gasteiger partial charge in [0, 0.05) is 29.6 Å². The Morgan fingerprint density at radius 2 is 2.17 bits per heavy atom. The third-order valence-electron chi connectivity index (χ3n) is 3.41. The summed E-state index contributed by atoms with van der Waals surface area (Å²) in [6.07, 6.45) is 3.10. The predicted octanol–water partition coefficient (Wildman–Crippen LogP) is 2.23. The largest absolute Gasteiger partial charge is 0.335 e. The highest BCUT2D eigenvalue weighted by atomic mass is 32.2. The minimum Gasteiger partial charge on any atom is -0.335 e. The first-order valence-corrected chi connectivity index (χ1v) is 7.64. The lowest BCUT2D eigenvalue weighted by Crippen LogP contribution is -2.41. The van der Waals surface area contributed by atoms with E-state index in [9.17, 15) is 4.79 Å². The average Bonchev–Trinajstić information content (AvgIpc) is 2.93. The van der Waals surface area contributed by atoms with E-state index < -0.39 is 0 Å². The Balaban J connectivity index is 2.11. The quantitative estimate of drug-likeness (QED) is 0.846. The number of nitrogens with one attached hydrogen (secondary N) is 1. The Morgan fingerprint density at radius 1 is 1.44 bits per heavy atom. The summed E-state index contributed by atoms with van der Waals surface area (Å²) in [6.45, 7) is 4.75. The van der Waals surface area contributed by atoms with E-state index in [1.54, 1.807) is 11.8 Å². The van der Waals surface area contributed by atoms with Crippen molar-refractivity contribution in [1.82, 2.24) is 10.2 Å². The van der Waals surface area contributed by atoms with Crippen molar-refractivity contribution < 1.29 is 4.79 Å². The first kappa shape index (κ1) is 13.4. The number of nitrogens with zero attached hydrogens (tertiary/aromatic N) is 1. The van der Waals surface area contributed by atoms with Gasteiger partial charge in [0.2, 0.25) is 0 Å². The third-order valence-corrected chi connectivity index (χ3v) is 4.16. The Morgan fingerprint density at radius 3 is 2.67 bits per heavy atom. The van der Waals surface area contributed by atoms with Gasteiger partial charge in [-0.25, -0.2) is 0 Å². The van der Waals surface area contributed by atoms with Crippen LogP contribution in [0.4, 0.5) is 0 Å². The molecule has 18 heavy (non-hydrogen) atoms. The van der Waals surface area contributed by atoms with Crippen molar-refractivity contribution >= 4 is 17.7 Å². The second-order valence-corrected chi connectivity index (χ2v) is 5.35. The fourth-order valence-corrected chi connectivity index (χ4v) is 2.78. The highest BCUT2D eigenvalue weighted by Crippen LogP contribution is 2.17. The number of likely N-dealkylation sites (N-methyl/N-ethyl adjacent to an activating group) is 1. The fourth-order valence-electron chi connectivity index (χ4n) is 2.37. The van der Waals surface area contributed by atoms with E-state index in [0.29, 0.717) is 6.04 Å². The predicted molar refractivity (Wildman–Crippen MR) is 76.2 cm³/mol. The van der Waals surface area contributed by atoms with E-state index in [0.717, 1.165) is 31.6 Å². The van der Waals surface area contributed by atoms with Crippen LogP contribution in [0.1, 0.15) is 23.7 Å². The molecule has 0 saturated carbocycles. The minimum absolute atomic E-state index is 0.152. The van der Waals surface area contributed by atoms with E-state index in [-0.39, 0.29) is 5.91 Å². The highest BCUT2D eigenvalue weighted by molar-refractivity contribution is 7.98. The van der Waals surface area contributed by atoms with Gasteiger partial charge in [-0.2, -0.15) is 0 Å². The molecule has 2 rings (SSSR count). The lowest BCUT2D eigenvalue weighted by atomic mass is 10.1. The molecule has 1 unspecified atom stereocenters. The zero-order valence-corrected chi connectivity index (χ0v) is 11.8. The molecule has 1 atom stereocenters. The number of thioether (sulfide) groups is 1. The molecule has 0 aliphatic carbocycles. The normalized spacial score (nSPS) is 18.9.